The highest BCUT2D eigenvalue weighted by Gasteiger charge is 2.30. The zero-order valence-corrected chi connectivity index (χ0v) is 16.3. The summed E-state index contributed by atoms with van der Waals surface area (Å²) in [5.74, 6) is 0.0624. The summed E-state index contributed by atoms with van der Waals surface area (Å²) in [4.78, 5) is 30.5. The quantitative estimate of drug-likeness (QED) is 0.356. The first kappa shape index (κ1) is 18.0. The number of benzene rings is 2. The van der Waals surface area contributed by atoms with E-state index in [0.29, 0.717) is 21.6 Å². The topological polar surface area (TPSA) is 52.0 Å². The molecular formula is C22H22N2O2S. The molecule has 0 saturated heterocycles. The molecule has 1 heterocycles. The standard InChI is InChI=1S/C22H22N2O2S/c1-3-15-8-10-16(11-9-15)20(25)14(2)27-22-23-19-7-5-4-6-18(19)21(26)24(22)17-12-13-17/h4-11,14,17H,3,12-13H2,1-2H3/t14-/m1/s1. The predicted octanol–water partition coefficient (Wildman–Crippen LogP) is 4.66. The molecule has 0 N–H and O–H groups in total. The summed E-state index contributed by atoms with van der Waals surface area (Å²) in [5.41, 5.74) is 2.60. The molecule has 1 fully saturated rings. The fourth-order valence-electron chi connectivity index (χ4n) is 3.21. The first-order valence-corrected chi connectivity index (χ1v) is 10.3. The molecule has 0 amide bonds. The average molecular weight is 378 g/mol. The van der Waals surface area contributed by atoms with E-state index in [2.05, 4.69) is 6.92 Å². The molecule has 3 aromatic rings. The Hall–Kier alpha value is -2.40. The van der Waals surface area contributed by atoms with Crippen molar-refractivity contribution in [2.75, 3.05) is 0 Å². The first-order chi connectivity index (χ1) is 13.1. The number of nitrogens with zero attached hydrogens (tertiary/aromatic N) is 2. The molecule has 138 valence electrons. The van der Waals surface area contributed by atoms with Crippen LogP contribution in [-0.2, 0) is 6.42 Å². The maximum atomic E-state index is 12.9. The molecule has 1 atom stereocenters. The van der Waals surface area contributed by atoms with Gasteiger partial charge in [-0.1, -0.05) is 55.1 Å². The molecule has 1 saturated carbocycles. The van der Waals surface area contributed by atoms with Gasteiger partial charge in [0, 0.05) is 11.6 Å². The largest absolute Gasteiger partial charge is 0.293 e. The van der Waals surface area contributed by atoms with Crippen molar-refractivity contribution < 1.29 is 4.79 Å². The van der Waals surface area contributed by atoms with Crippen molar-refractivity contribution in [1.29, 1.82) is 0 Å². The van der Waals surface area contributed by atoms with Crippen molar-refractivity contribution in [1.82, 2.24) is 9.55 Å². The molecule has 0 bridgehead atoms. The van der Waals surface area contributed by atoms with Crippen LogP contribution in [0.5, 0.6) is 0 Å². The van der Waals surface area contributed by atoms with Crippen LogP contribution in [0.25, 0.3) is 10.9 Å². The molecule has 1 aromatic heterocycles. The fraction of sp³-hybridized carbons (Fsp3) is 0.318. The smallest absolute Gasteiger partial charge is 0.262 e. The van der Waals surface area contributed by atoms with Crippen LogP contribution in [0.15, 0.2) is 58.5 Å². The molecule has 1 aliphatic carbocycles. The Morgan fingerprint density at radius 3 is 2.56 bits per heavy atom. The summed E-state index contributed by atoms with van der Waals surface area (Å²) in [6.07, 6.45) is 2.94. The molecule has 4 rings (SSSR count). The van der Waals surface area contributed by atoms with E-state index in [1.807, 2.05) is 55.5 Å². The molecule has 4 nitrogen and oxygen atoms in total. The number of hydrogen-bond donors (Lipinski definition) is 0. The Bertz CT molecular complexity index is 1050. The number of para-hydroxylation sites is 1. The lowest BCUT2D eigenvalue weighted by molar-refractivity contribution is 0.0994. The number of aromatic nitrogens is 2. The molecule has 0 unspecified atom stereocenters. The lowest BCUT2D eigenvalue weighted by Crippen LogP contribution is -2.24. The highest BCUT2D eigenvalue weighted by atomic mass is 32.2. The number of fused-ring (bicyclic) bond motifs is 1. The van der Waals surface area contributed by atoms with E-state index in [-0.39, 0.29) is 22.6 Å². The van der Waals surface area contributed by atoms with E-state index in [1.165, 1.54) is 17.3 Å². The summed E-state index contributed by atoms with van der Waals surface area (Å²) in [5, 5.41) is 0.977. The zero-order valence-electron chi connectivity index (χ0n) is 15.5. The van der Waals surface area contributed by atoms with Gasteiger partial charge in [-0.2, -0.15) is 0 Å². The monoisotopic (exact) mass is 378 g/mol. The zero-order chi connectivity index (χ0) is 19.0. The van der Waals surface area contributed by atoms with Crippen LogP contribution >= 0.6 is 11.8 Å². The lowest BCUT2D eigenvalue weighted by atomic mass is 10.1. The molecule has 0 radical (unpaired) electrons. The van der Waals surface area contributed by atoms with Crippen LogP contribution in [0.1, 0.15) is 48.7 Å². The Morgan fingerprint density at radius 1 is 1.19 bits per heavy atom. The average Bonchev–Trinajstić information content (AvgIpc) is 3.52. The number of carbonyl (C=O) groups excluding carboxylic acids is 1. The Kier molecular flexibility index (Phi) is 4.87. The maximum Gasteiger partial charge on any atom is 0.262 e. The number of Topliss-reactive ketones (excluding diaryl/α,β-unsaturated/α-hetero) is 1. The highest BCUT2D eigenvalue weighted by Crippen LogP contribution is 2.38. The second-order valence-corrected chi connectivity index (χ2v) is 8.30. The van der Waals surface area contributed by atoms with Crippen molar-refractivity contribution in [3.8, 4) is 0 Å². The second-order valence-electron chi connectivity index (χ2n) is 6.99. The van der Waals surface area contributed by atoms with Crippen LogP contribution in [-0.4, -0.2) is 20.6 Å². The predicted molar refractivity (Wildman–Crippen MR) is 110 cm³/mol. The van der Waals surface area contributed by atoms with E-state index < -0.39 is 0 Å². The van der Waals surface area contributed by atoms with Gasteiger partial charge in [-0.3, -0.25) is 14.2 Å². The van der Waals surface area contributed by atoms with Crippen LogP contribution in [0.4, 0.5) is 0 Å². The van der Waals surface area contributed by atoms with Crippen molar-refractivity contribution in [2.45, 2.75) is 49.6 Å². The van der Waals surface area contributed by atoms with Gasteiger partial charge >= 0.3 is 0 Å². The molecule has 5 heteroatoms. The third-order valence-corrected chi connectivity index (χ3v) is 6.05. The number of rotatable bonds is 6. The van der Waals surface area contributed by atoms with Crippen molar-refractivity contribution in [3.05, 3.63) is 70.0 Å². The first-order valence-electron chi connectivity index (χ1n) is 9.39. The van der Waals surface area contributed by atoms with Crippen molar-refractivity contribution >= 4 is 28.4 Å². The summed E-state index contributed by atoms with van der Waals surface area (Å²) in [6.45, 7) is 3.98. The summed E-state index contributed by atoms with van der Waals surface area (Å²) < 4.78 is 1.79. The van der Waals surface area contributed by atoms with Gasteiger partial charge in [-0.25, -0.2) is 4.98 Å². The SMILES string of the molecule is CCc1ccc(C(=O)[C@@H](C)Sc2nc3ccccc3c(=O)n2C2CC2)cc1. The third kappa shape index (κ3) is 3.56. The van der Waals surface area contributed by atoms with Crippen molar-refractivity contribution in [3.63, 3.8) is 0 Å². The molecular weight excluding hydrogens is 356 g/mol. The summed E-state index contributed by atoms with van der Waals surface area (Å²) in [6, 6.07) is 15.4. The van der Waals surface area contributed by atoms with E-state index in [0.717, 1.165) is 19.3 Å². The normalized spacial score (nSPS) is 15.0. The van der Waals surface area contributed by atoms with Crippen LogP contribution in [0, 0.1) is 0 Å². The van der Waals surface area contributed by atoms with Gasteiger partial charge in [-0.05, 0) is 43.9 Å². The minimum Gasteiger partial charge on any atom is -0.293 e. The minimum atomic E-state index is -0.310. The number of thioether (sulfide) groups is 1. The van der Waals surface area contributed by atoms with Crippen LogP contribution in [0.3, 0.4) is 0 Å². The molecule has 0 spiro atoms. The van der Waals surface area contributed by atoms with E-state index in [4.69, 9.17) is 4.98 Å². The van der Waals surface area contributed by atoms with Crippen LogP contribution in [0.2, 0.25) is 0 Å². The second kappa shape index (κ2) is 7.31. The van der Waals surface area contributed by atoms with Crippen LogP contribution < -0.4 is 5.56 Å². The molecule has 2 aromatic carbocycles. The van der Waals surface area contributed by atoms with Gasteiger partial charge in [-0.15, -0.1) is 0 Å². The number of ketones is 1. The Balaban J connectivity index is 1.66. The number of aryl methyl sites for hydroxylation is 1. The molecule has 0 aliphatic heterocycles. The van der Waals surface area contributed by atoms with Gasteiger partial charge < -0.3 is 0 Å². The fourth-order valence-corrected chi connectivity index (χ4v) is 4.27. The van der Waals surface area contributed by atoms with Crippen molar-refractivity contribution in [2.24, 2.45) is 0 Å². The number of carbonyl (C=O) groups is 1. The van der Waals surface area contributed by atoms with Gasteiger partial charge in [0.25, 0.3) is 5.56 Å². The highest BCUT2D eigenvalue weighted by molar-refractivity contribution is 8.00. The minimum absolute atomic E-state index is 0.00227. The Labute approximate surface area is 162 Å². The van der Waals surface area contributed by atoms with Gasteiger partial charge in [0.2, 0.25) is 0 Å². The number of hydrogen-bond acceptors (Lipinski definition) is 4. The maximum absolute atomic E-state index is 12.9. The van der Waals surface area contributed by atoms with Gasteiger partial charge in [0.1, 0.15) is 0 Å². The lowest BCUT2D eigenvalue weighted by Gasteiger charge is -2.15. The summed E-state index contributed by atoms with van der Waals surface area (Å²) in [7, 11) is 0. The summed E-state index contributed by atoms with van der Waals surface area (Å²) >= 11 is 1.38. The van der Waals surface area contributed by atoms with E-state index in [1.54, 1.807) is 4.57 Å². The van der Waals surface area contributed by atoms with E-state index >= 15 is 0 Å². The van der Waals surface area contributed by atoms with Gasteiger partial charge in [0.15, 0.2) is 10.9 Å². The van der Waals surface area contributed by atoms with E-state index in [9.17, 15) is 9.59 Å². The molecule has 27 heavy (non-hydrogen) atoms. The third-order valence-electron chi connectivity index (χ3n) is 4.99. The van der Waals surface area contributed by atoms with Gasteiger partial charge in [0.05, 0.1) is 16.2 Å². The molecule has 1 aliphatic rings. The Morgan fingerprint density at radius 2 is 1.89 bits per heavy atom.